The molecule has 0 bridgehead atoms. The number of nitrogens with zero attached hydrogens (tertiary/aromatic N) is 1. The van der Waals surface area contributed by atoms with E-state index < -0.39 is 0 Å². The van der Waals surface area contributed by atoms with E-state index in [-0.39, 0.29) is 24.1 Å². The van der Waals surface area contributed by atoms with Crippen molar-refractivity contribution >= 4 is 34.4 Å². The number of pyridine rings is 1. The smallest absolute Gasteiger partial charge is 0.252 e. The first-order valence-corrected chi connectivity index (χ1v) is 11.0. The summed E-state index contributed by atoms with van der Waals surface area (Å²) in [5.74, 6) is -0.325. The van der Waals surface area contributed by atoms with Gasteiger partial charge in [0.15, 0.2) is 0 Å². The molecule has 1 aliphatic rings. The molecule has 7 nitrogen and oxygen atoms in total. The maximum atomic E-state index is 13.3. The van der Waals surface area contributed by atoms with E-state index >= 15 is 0 Å². The molecule has 1 heterocycles. The van der Waals surface area contributed by atoms with E-state index in [1.165, 1.54) is 0 Å². The molecule has 3 aromatic rings. The van der Waals surface area contributed by atoms with E-state index in [2.05, 4.69) is 16.7 Å². The van der Waals surface area contributed by atoms with Gasteiger partial charge < -0.3 is 20.5 Å². The van der Waals surface area contributed by atoms with Crippen molar-refractivity contribution in [2.24, 2.45) is 0 Å². The third-order valence-electron chi connectivity index (χ3n) is 5.67. The quantitative estimate of drug-likeness (QED) is 0.485. The number of nitrogens with one attached hydrogen (secondary N) is 2. The molecule has 0 radical (unpaired) electrons. The predicted molar refractivity (Wildman–Crippen MR) is 128 cm³/mol. The van der Waals surface area contributed by atoms with Gasteiger partial charge in [-0.25, -0.2) is 4.98 Å². The highest BCUT2D eigenvalue weighted by Gasteiger charge is 2.25. The molecule has 1 aliphatic carbocycles. The van der Waals surface area contributed by atoms with Gasteiger partial charge >= 0.3 is 0 Å². The molecule has 0 fully saturated rings. The molecule has 0 atom stereocenters. The van der Waals surface area contributed by atoms with Crippen LogP contribution in [0, 0.1) is 0 Å². The van der Waals surface area contributed by atoms with Crippen LogP contribution in [0.1, 0.15) is 40.0 Å². The number of para-hydroxylation sites is 1. The van der Waals surface area contributed by atoms with E-state index in [0.717, 1.165) is 52.6 Å². The molecule has 0 saturated heterocycles. The average Bonchev–Trinajstić information content (AvgIpc) is 2.83. The molecule has 0 aliphatic heterocycles. The van der Waals surface area contributed by atoms with Crippen LogP contribution in [0.4, 0.5) is 0 Å². The van der Waals surface area contributed by atoms with Gasteiger partial charge in [0.05, 0.1) is 29.9 Å². The van der Waals surface area contributed by atoms with Crippen molar-refractivity contribution in [2.45, 2.75) is 19.3 Å². The van der Waals surface area contributed by atoms with Crippen molar-refractivity contribution in [3.05, 3.63) is 70.9 Å². The molecule has 170 valence electrons. The second-order valence-electron chi connectivity index (χ2n) is 7.97. The van der Waals surface area contributed by atoms with Crippen molar-refractivity contribution in [3.8, 4) is 5.75 Å². The largest absolute Gasteiger partial charge is 0.508 e. The predicted octanol–water partition coefficient (Wildman–Crippen LogP) is 3.31. The Kier molecular flexibility index (Phi) is 7.00. The molecule has 3 N–H and O–H groups in total. The van der Waals surface area contributed by atoms with E-state index in [4.69, 9.17) is 9.72 Å². The lowest BCUT2D eigenvalue weighted by molar-refractivity contribution is -0.120. The minimum absolute atomic E-state index is 0.107. The second-order valence-corrected chi connectivity index (χ2v) is 7.97. The van der Waals surface area contributed by atoms with Gasteiger partial charge in [-0.05, 0) is 60.2 Å². The van der Waals surface area contributed by atoms with Crippen LogP contribution in [0.5, 0.6) is 5.75 Å². The van der Waals surface area contributed by atoms with E-state index in [1.54, 1.807) is 19.2 Å². The van der Waals surface area contributed by atoms with Crippen LogP contribution in [0.2, 0.25) is 0 Å². The number of benzene rings is 2. The Balaban J connectivity index is 1.69. The fraction of sp³-hybridized carbons (Fsp3) is 0.269. The number of rotatable bonds is 7. The summed E-state index contributed by atoms with van der Waals surface area (Å²) in [6, 6.07) is 14.6. The average molecular weight is 446 g/mol. The van der Waals surface area contributed by atoms with Crippen LogP contribution < -0.4 is 10.6 Å². The van der Waals surface area contributed by atoms with E-state index in [0.29, 0.717) is 18.7 Å². The Labute approximate surface area is 192 Å². The Morgan fingerprint density at radius 2 is 1.88 bits per heavy atom. The molecule has 33 heavy (non-hydrogen) atoms. The monoisotopic (exact) mass is 445 g/mol. The number of amides is 2. The standard InChI is InChI=1S/C26H27N3O4/c1-33-14-13-27-23(31)16-28-26(32)24-20-6-2-3-8-22(20)29-25-18(5-4-7-21(24)25)15-17-9-11-19(30)12-10-17/h2-3,6,8-12,15,30H,4-5,7,13-14,16H2,1H3,(H,27,31)(H,28,32). The number of ether oxygens (including phenoxy) is 1. The summed E-state index contributed by atoms with van der Waals surface area (Å²) in [5.41, 5.74) is 5.06. The Morgan fingerprint density at radius 3 is 2.67 bits per heavy atom. The Morgan fingerprint density at radius 1 is 1.09 bits per heavy atom. The first-order valence-electron chi connectivity index (χ1n) is 11.0. The van der Waals surface area contributed by atoms with Crippen LogP contribution in [-0.2, 0) is 16.0 Å². The molecule has 0 unspecified atom stereocenters. The van der Waals surface area contributed by atoms with Gasteiger partial charge in [-0.2, -0.15) is 0 Å². The highest BCUT2D eigenvalue weighted by atomic mass is 16.5. The number of aromatic hydroxyl groups is 1. The van der Waals surface area contributed by atoms with Crippen LogP contribution >= 0.6 is 0 Å². The zero-order valence-electron chi connectivity index (χ0n) is 18.6. The fourth-order valence-corrected chi connectivity index (χ4v) is 4.11. The van der Waals surface area contributed by atoms with Gasteiger partial charge in [-0.3, -0.25) is 9.59 Å². The molecular weight excluding hydrogens is 418 g/mol. The second kappa shape index (κ2) is 10.3. The Bertz CT molecular complexity index is 1200. The molecule has 1 aromatic heterocycles. The number of allylic oxidation sites excluding steroid dienone is 1. The van der Waals surface area contributed by atoms with Crippen molar-refractivity contribution in [1.82, 2.24) is 15.6 Å². The maximum absolute atomic E-state index is 13.3. The fourth-order valence-electron chi connectivity index (χ4n) is 4.11. The molecule has 2 aromatic carbocycles. The maximum Gasteiger partial charge on any atom is 0.252 e. The van der Waals surface area contributed by atoms with Gasteiger partial charge in [0.2, 0.25) is 5.91 Å². The zero-order chi connectivity index (χ0) is 23.2. The zero-order valence-corrected chi connectivity index (χ0v) is 18.6. The van der Waals surface area contributed by atoms with Crippen molar-refractivity contribution in [1.29, 1.82) is 0 Å². The van der Waals surface area contributed by atoms with Gasteiger partial charge in [0.25, 0.3) is 5.91 Å². The number of phenols is 1. The number of aromatic nitrogens is 1. The summed E-state index contributed by atoms with van der Waals surface area (Å²) >= 11 is 0. The van der Waals surface area contributed by atoms with E-state index in [9.17, 15) is 14.7 Å². The third-order valence-corrected chi connectivity index (χ3v) is 5.67. The molecule has 4 rings (SSSR count). The lowest BCUT2D eigenvalue weighted by Gasteiger charge is -2.23. The third kappa shape index (κ3) is 5.21. The lowest BCUT2D eigenvalue weighted by atomic mass is 9.85. The molecule has 2 amide bonds. The van der Waals surface area contributed by atoms with Gasteiger partial charge in [0, 0.05) is 19.0 Å². The van der Waals surface area contributed by atoms with Crippen molar-refractivity contribution in [2.75, 3.05) is 26.8 Å². The number of hydrogen-bond donors (Lipinski definition) is 3. The number of carbonyl (C=O) groups is 2. The van der Waals surface area contributed by atoms with Crippen molar-refractivity contribution in [3.63, 3.8) is 0 Å². The highest BCUT2D eigenvalue weighted by molar-refractivity contribution is 6.09. The summed E-state index contributed by atoms with van der Waals surface area (Å²) in [6.45, 7) is 0.701. The molecule has 0 saturated carbocycles. The first kappa shape index (κ1) is 22.5. The molecular formula is C26H27N3O4. The summed E-state index contributed by atoms with van der Waals surface area (Å²) < 4.78 is 4.93. The minimum atomic E-state index is -0.280. The number of methoxy groups -OCH3 is 1. The van der Waals surface area contributed by atoms with E-state index in [1.807, 2.05) is 36.4 Å². The normalized spacial score (nSPS) is 14.2. The SMILES string of the molecule is COCCNC(=O)CNC(=O)c1c2c(nc3ccccc13)C(=Cc1ccc(O)cc1)CCC2. The topological polar surface area (TPSA) is 101 Å². The first-order chi connectivity index (χ1) is 16.1. The number of fused-ring (bicyclic) bond motifs is 2. The summed E-state index contributed by atoms with van der Waals surface area (Å²) in [4.78, 5) is 30.2. The lowest BCUT2D eigenvalue weighted by Crippen LogP contribution is -2.38. The van der Waals surface area contributed by atoms with Crippen LogP contribution in [-0.4, -0.2) is 48.7 Å². The molecule has 0 spiro atoms. The summed E-state index contributed by atoms with van der Waals surface area (Å²) in [5, 5.41) is 15.8. The number of phenolic OH excluding ortho intramolecular Hbond substituents is 1. The van der Waals surface area contributed by atoms with Gasteiger partial charge in [-0.1, -0.05) is 30.3 Å². The Hall–Kier alpha value is -3.71. The van der Waals surface area contributed by atoms with Crippen LogP contribution in [0.25, 0.3) is 22.6 Å². The number of hydrogen-bond acceptors (Lipinski definition) is 5. The van der Waals surface area contributed by atoms with Crippen LogP contribution in [0.15, 0.2) is 48.5 Å². The molecule has 7 heteroatoms. The highest BCUT2D eigenvalue weighted by Crippen LogP contribution is 2.36. The number of carbonyl (C=O) groups excluding carboxylic acids is 2. The summed E-state index contributed by atoms with van der Waals surface area (Å²) in [7, 11) is 1.57. The minimum Gasteiger partial charge on any atom is -0.508 e. The van der Waals surface area contributed by atoms with Gasteiger partial charge in [0.1, 0.15) is 5.75 Å². The summed E-state index contributed by atoms with van der Waals surface area (Å²) in [6.07, 6.45) is 4.55. The van der Waals surface area contributed by atoms with Crippen molar-refractivity contribution < 1.29 is 19.4 Å². The van der Waals surface area contributed by atoms with Crippen LogP contribution in [0.3, 0.4) is 0 Å². The van der Waals surface area contributed by atoms with Gasteiger partial charge in [-0.15, -0.1) is 0 Å².